The number of amides is 1. The molecule has 2 aromatic rings. The SMILES string of the molecule is O=CC1CCCN(C(=O)Cc2c[nH]c3ccccc23)C1. The molecule has 1 aliphatic rings. The second-order valence-electron chi connectivity index (χ2n) is 5.41. The van der Waals surface area contributed by atoms with Crippen molar-refractivity contribution in [2.24, 2.45) is 5.92 Å². The van der Waals surface area contributed by atoms with Crippen molar-refractivity contribution < 1.29 is 9.59 Å². The number of aldehydes is 1. The summed E-state index contributed by atoms with van der Waals surface area (Å²) < 4.78 is 0. The summed E-state index contributed by atoms with van der Waals surface area (Å²) in [4.78, 5) is 28.3. The molecule has 1 saturated heterocycles. The molecule has 1 aromatic carbocycles. The zero-order valence-electron chi connectivity index (χ0n) is 11.3. The molecule has 104 valence electrons. The first-order valence-electron chi connectivity index (χ1n) is 7.06. The molecule has 20 heavy (non-hydrogen) atoms. The summed E-state index contributed by atoms with van der Waals surface area (Å²) in [6, 6.07) is 7.99. The highest BCUT2D eigenvalue weighted by Crippen LogP contribution is 2.20. The third kappa shape index (κ3) is 2.46. The zero-order chi connectivity index (χ0) is 13.9. The van der Waals surface area contributed by atoms with Crippen LogP contribution in [0.15, 0.2) is 30.5 Å². The van der Waals surface area contributed by atoms with Gasteiger partial charge in [-0.15, -0.1) is 0 Å². The van der Waals surface area contributed by atoms with Gasteiger partial charge in [0.2, 0.25) is 5.91 Å². The van der Waals surface area contributed by atoms with Crippen LogP contribution in [0.2, 0.25) is 0 Å². The van der Waals surface area contributed by atoms with Gasteiger partial charge in [-0.05, 0) is 24.5 Å². The number of rotatable bonds is 3. The number of aromatic nitrogens is 1. The Kier molecular flexibility index (Phi) is 3.54. The number of H-pyrrole nitrogens is 1. The number of nitrogens with one attached hydrogen (secondary N) is 1. The number of carbonyl (C=O) groups excluding carboxylic acids is 2. The molecule has 1 fully saturated rings. The molecule has 1 unspecified atom stereocenters. The summed E-state index contributed by atoms with van der Waals surface area (Å²) in [6.07, 6.45) is 5.10. The van der Waals surface area contributed by atoms with E-state index in [1.54, 1.807) is 0 Å². The molecule has 0 aliphatic carbocycles. The van der Waals surface area contributed by atoms with Gasteiger partial charge in [0, 0.05) is 36.1 Å². The van der Waals surface area contributed by atoms with Crippen LogP contribution in [0.4, 0.5) is 0 Å². The Morgan fingerprint density at radius 3 is 3.10 bits per heavy atom. The van der Waals surface area contributed by atoms with Gasteiger partial charge < -0.3 is 14.7 Å². The van der Waals surface area contributed by atoms with E-state index in [-0.39, 0.29) is 11.8 Å². The smallest absolute Gasteiger partial charge is 0.227 e. The van der Waals surface area contributed by atoms with Crippen LogP contribution in [0.3, 0.4) is 0 Å². The van der Waals surface area contributed by atoms with E-state index in [2.05, 4.69) is 4.98 Å². The minimum atomic E-state index is 0.00988. The van der Waals surface area contributed by atoms with Crippen LogP contribution in [0, 0.1) is 5.92 Å². The fourth-order valence-electron chi connectivity index (χ4n) is 2.90. The molecule has 4 nitrogen and oxygen atoms in total. The maximum atomic E-state index is 12.4. The minimum absolute atomic E-state index is 0.00988. The predicted molar refractivity (Wildman–Crippen MR) is 77.4 cm³/mol. The van der Waals surface area contributed by atoms with Crippen molar-refractivity contribution in [3.63, 3.8) is 0 Å². The number of hydrogen-bond acceptors (Lipinski definition) is 2. The van der Waals surface area contributed by atoms with Gasteiger partial charge in [-0.2, -0.15) is 0 Å². The Balaban J connectivity index is 1.74. The Hall–Kier alpha value is -2.10. The molecule has 1 N–H and O–H groups in total. The van der Waals surface area contributed by atoms with Crippen molar-refractivity contribution in [1.82, 2.24) is 9.88 Å². The molecule has 0 saturated carbocycles. The van der Waals surface area contributed by atoms with E-state index in [0.29, 0.717) is 13.0 Å². The van der Waals surface area contributed by atoms with Crippen molar-refractivity contribution >= 4 is 23.1 Å². The third-order valence-electron chi connectivity index (χ3n) is 4.02. The average Bonchev–Trinajstić information content (AvgIpc) is 2.90. The highest BCUT2D eigenvalue weighted by Gasteiger charge is 2.23. The lowest BCUT2D eigenvalue weighted by Gasteiger charge is -2.30. The van der Waals surface area contributed by atoms with E-state index in [4.69, 9.17) is 0 Å². The fraction of sp³-hybridized carbons (Fsp3) is 0.375. The highest BCUT2D eigenvalue weighted by molar-refractivity contribution is 5.89. The highest BCUT2D eigenvalue weighted by atomic mass is 16.2. The second-order valence-corrected chi connectivity index (χ2v) is 5.41. The molecule has 1 atom stereocenters. The Morgan fingerprint density at radius 1 is 1.40 bits per heavy atom. The molecular weight excluding hydrogens is 252 g/mol. The topological polar surface area (TPSA) is 53.2 Å². The van der Waals surface area contributed by atoms with Crippen LogP contribution in [0.5, 0.6) is 0 Å². The predicted octanol–water partition coefficient (Wildman–Crippen LogP) is 2.15. The number of fused-ring (bicyclic) bond motifs is 1. The zero-order valence-corrected chi connectivity index (χ0v) is 11.3. The van der Waals surface area contributed by atoms with Crippen molar-refractivity contribution in [3.8, 4) is 0 Å². The van der Waals surface area contributed by atoms with Crippen LogP contribution >= 0.6 is 0 Å². The largest absolute Gasteiger partial charge is 0.361 e. The number of para-hydroxylation sites is 1. The number of likely N-dealkylation sites (tertiary alicyclic amines) is 1. The van der Waals surface area contributed by atoms with Crippen molar-refractivity contribution in [3.05, 3.63) is 36.0 Å². The standard InChI is InChI=1S/C16H18N2O2/c19-11-12-4-3-7-18(10-12)16(20)8-13-9-17-15-6-2-1-5-14(13)15/h1-2,5-6,9,11-12,17H,3-4,7-8,10H2. The van der Waals surface area contributed by atoms with Gasteiger partial charge in [0.25, 0.3) is 0 Å². The summed E-state index contributed by atoms with van der Waals surface area (Å²) in [6.45, 7) is 1.34. The Morgan fingerprint density at radius 2 is 2.25 bits per heavy atom. The lowest BCUT2D eigenvalue weighted by molar-refractivity contribution is -0.132. The number of hydrogen-bond donors (Lipinski definition) is 1. The minimum Gasteiger partial charge on any atom is -0.361 e. The first kappa shape index (κ1) is 12.9. The number of piperidine rings is 1. The normalized spacial score (nSPS) is 19.2. The Labute approximate surface area is 117 Å². The van der Waals surface area contributed by atoms with E-state index in [9.17, 15) is 9.59 Å². The van der Waals surface area contributed by atoms with E-state index >= 15 is 0 Å². The molecule has 4 heteroatoms. The molecule has 1 amide bonds. The molecule has 0 spiro atoms. The summed E-state index contributed by atoms with van der Waals surface area (Å²) in [7, 11) is 0. The van der Waals surface area contributed by atoms with E-state index in [0.717, 1.165) is 42.1 Å². The third-order valence-corrected chi connectivity index (χ3v) is 4.02. The van der Waals surface area contributed by atoms with Crippen LogP contribution in [-0.4, -0.2) is 35.2 Å². The van der Waals surface area contributed by atoms with Crippen LogP contribution in [-0.2, 0) is 16.0 Å². The quantitative estimate of drug-likeness (QED) is 0.869. The lowest BCUT2D eigenvalue weighted by atomic mass is 9.99. The van der Waals surface area contributed by atoms with Gasteiger partial charge in [0.15, 0.2) is 0 Å². The van der Waals surface area contributed by atoms with Crippen LogP contribution < -0.4 is 0 Å². The maximum absolute atomic E-state index is 12.4. The summed E-state index contributed by atoms with van der Waals surface area (Å²) in [5.41, 5.74) is 2.08. The maximum Gasteiger partial charge on any atom is 0.227 e. The molecule has 0 radical (unpaired) electrons. The number of nitrogens with zero attached hydrogens (tertiary/aromatic N) is 1. The molecule has 1 aliphatic heterocycles. The van der Waals surface area contributed by atoms with E-state index < -0.39 is 0 Å². The summed E-state index contributed by atoms with van der Waals surface area (Å²) >= 11 is 0. The van der Waals surface area contributed by atoms with Gasteiger partial charge in [0.05, 0.1) is 6.42 Å². The number of aromatic amines is 1. The van der Waals surface area contributed by atoms with Crippen LogP contribution in [0.25, 0.3) is 10.9 Å². The monoisotopic (exact) mass is 270 g/mol. The molecular formula is C16H18N2O2. The average molecular weight is 270 g/mol. The first-order chi connectivity index (χ1) is 9.78. The molecule has 2 heterocycles. The Bertz CT molecular complexity index is 632. The fourth-order valence-corrected chi connectivity index (χ4v) is 2.90. The van der Waals surface area contributed by atoms with Gasteiger partial charge in [-0.3, -0.25) is 4.79 Å². The molecule has 3 rings (SSSR count). The summed E-state index contributed by atoms with van der Waals surface area (Å²) in [5, 5.41) is 1.10. The van der Waals surface area contributed by atoms with Gasteiger partial charge in [-0.25, -0.2) is 0 Å². The lowest BCUT2D eigenvalue weighted by Crippen LogP contribution is -2.41. The first-order valence-corrected chi connectivity index (χ1v) is 7.06. The van der Waals surface area contributed by atoms with Gasteiger partial charge in [0.1, 0.15) is 6.29 Å². The summed E-state index contributed by atoms with van der Waals surface area (Å²) in [5.74, 6) is 0.122. The van der Waals surface area contributed by atoms with E-state index in [1.807, 2.05) is 35.4 Å². The van der Waals surface area contributed by atoms with Gasteiger partial charge >= 0.3 is 0 Å². The van der Waals surface area contributed by atoms with E-state index in [1.165, 1.54) is 0 Å². The van der Waals surface area contributed by atoms with Crippen LogP contribution in [0.1, 0.15) is 18.4 Å². The number of benzene rings is 1. The van der Waals surface area contributed by atoms with Crippen molar-refractivity contribution in [2.45, 2.75) is 19.3 Å². The van der Waals surface area contributed by atoms with Crippen molar-refractivity contribution in [2.75, 3.05) is 13.1 Å². The number of carbonyl (C=O) groups is 2. The molecule has 1 aromatic heterocycles. The van der Waals surface area contributed by atoms with Gasteiger partial charge in [-0.1, -0.05) is 18.2 Å². The van der Waals surface area contributed by atoms with Crippen molar-refractivity contribution in [1.29, 1.82) is 0 Å². The molecule has 0 bridgehead atoms. The second kappa shape index (κ2) is 5.49.